The Bertz CT molecular complexity index is 1360. The standard InChI is InChI=1S/C28H25Cl2NO6/c1-4-36-19-10-6-8-16(12-19)24-23(25(32)17-13-21(29)27(35-3)22(30)14-17)26(33)28(34)31(24)18-9-7-11-20(15-18)37-5-2/h6-15,24,32H,4-5H2,1-3H3/b25-23+. The van der Waals surface area contributed by atoms with Gasteiger partial charge in [-0.05, 0) is 55.8 Å². The lowest BCUT2D eigenvalue weighted by molar-refractivity contribution is -0.132. The second kappa shape index (κ2) is 11.2. The number of anilines is 1. The summed E-state index contributed by atoms with van der Waals surface area (Å²) in [6.07, 6.45) is 0. The lowest BCUT2D eigenvalue weighted by Gasteiger charge is -2.26. The average molecular weight is 542 g/mol. The summed E-state index contributed by atoms with van der Waals surface area (Å²) in [5.41, 5.74) is 1.06. The highest BCUT2D eigenvalue weighted by atomic mass is 35.5. The van der Waals surface area contributed by atoms with E-state index in [4.69, 9.17) is 37.4 Å². The maximum absolute atomic E-state index is 13.4. The summed E-state index contributed by atoms with van der Waals surface area (Å²) in [4.78, 5) is 28.2. The Morgan fingerprint density at radius 3 is 2.11 bits per heavy atom. The molecule has 7 nitrogen and oxygen atoms in total. The molecule has 0 bridgehead atoms. The minimum Gasteiger partial charge on any atom is -0.507 e. The Hall–Kier alpha value is -3.68. The summed E-state index contributed by atoms with van der Waals surface area (Å²) in [5, 5.41) is 11.7. The number of amides is 1. The molecule has 0 saturated carbocycles. The molecule has 9 heteroatoms. The minimum absolute atomic E-state index is 0.113. The van der Waals surface area contributed by atoms with Crippen LogP contribution < -0.4 is 19.1 Å². The Morgan fingerprint density at radius 2 is 1.51 bits per heavy atom. The number of hydrogen-bond acceptors (Lipinski definition) is 6. The van der Waals surface area contributed by atoms with Crippen molar-refractivity contribution < 1.29 is 28.9 Å². The van der Waals surface area contributed by atoms with E-state index in [1.54, 1.807) is 48.5 Å². The molecule has 0 spiro atoms. The molecule has 0 aromatic heterocycles. The van der Waals surface area contributed by atoms with Crippen LogP contribution in [0.1, 0.15) is 31.0 Å². The number of benzene rings is 3. The molecule has 1 heterocycles. The maximum Gasteiger partial charge on any atom is 0.300 e. The summed E-state index contributed by atoms with van der Waals surface area (Å²) < 4.78 is 16.4. The Morgan fingerprint density at radius 1 is 0.919 bits per heavy atom. The van der Waals surface area contributed by atoms with E-state index in [1.807, 2.05) is 13.8 Å². The third-order valence-electron chi connectivity index (χ3n) is 5.81. The molecule has 1 unspecified atom stereocenters. The fourth-order valence-corrected chi connectivity index (χ4v) is 4.93. The van der Waals surface area contributed by atoms with Crippen LogP contribution in [0.3, 0.4) is 0 Å². The number of ether oxygens (including phenoxy) is 3. The summed E-state index contributed by atoms with van der Waals surface area (Å²) in [7, 11) is 1.42. The van der Waals surface area contributed by atoms with Crippen LogP contribution in [0.5, 0.6) is 17.2 Å². The Kier molecular flexibility index (Phi) is 7.95. The third kappa shape index (κ3) is 5.10. The zero-order valence-corrected chi connectivity index (χ0v) is 22.0. The van der Waals surface area contributed by atoms with E-state index in [0.29, 0.717) is 36.0 Å². The number of rotatable bonds is 8. The Balaban J connectivity index is 1.95. The van der Waals surface area contributed by atoms with Gasteiger partial charge in [-0.25, -0.2) is 0 Å². The normalized spacial score (nSPS) is 16.7. The molecule has 1 aliphatic rings. The van der Waals surface area contributed by atoms with Crippen molar-refractivity contribution in [3.8, 4) is 17.2 Å². The van der Waals surface area contributed by atoms with Crippen molar-refractivity contribution in [3.05, 3.63) is 87.4 Å². The predicted molar refractivity (Wildman–Crippen MR) is 143 cm³/mol. The molecule has 1 amide bonds. The lowest BCUT2D eigenvalue weighted by atomic mass is 9.95. The molecule has 192 valence electrons. The summed E-state index contributed by atoms with van der Waals surface area (Å²) >= 11 is 12.6. The number of carbonyl (C=O) groups excluding carboxylic acids is 2. The summed E-state index contributed by atoms with van der Waals surface area (Å²) in [5.74, 6) is -0.738. The molecule has 1 N–H and O–H groups in total. The molecule has 0 aliphatic carbocycles. The number of methoxy groups -OCH3 is 1. The number of halogens is 2. The molecular formula is C28H25Cl2NO6. The van der Waals surface area contributed by atoms with Crippen LogP contribution in [0.25, 0.3) is 5.76 Å². The highest BCUT2D eigenvalue weighted by Crippen LogP contribution is 2.44. The summed E-state index contributed by atoms with van der Waals surface area (Å²) in [6, 6.07) is 15.8. The van der Waals surface area contributed by atoms with E-state index in [0.717, 1.165) is 0 Å². The fraction of sp³-hybridized carbons (Fsp3) is 0.214. The van der Waals surface area contributed by atoms with E-state index in [1.165, 1.54) is 24.1 Å². The van der Waals surface area contributed by atoms with Gasteiger partial charge in [0.15, 0.2) is 5.75 Å². The number of carbonyl (C=O) groups is 2. The van der Waals surface area contributed by atoms with Gasteiger partial charge in [-0.15, -0.1) is 0 Å². The zero-order chi connectivity index (χ0) is 26.7. The van der Waals surface area contributed by atoms with Gasteiger partial charge < -0.3 is 19.3 Å². The molecule has 1 aliphatic heterocycles. The lowest BCUT2D eigenvalue weighted by Crippen LogP contribution is -2.29. The van der Waals surface area contributed by atoms with Crippen molar-refractivity contribution in [3.63, 3.8) is 0 Å². The first-order valence-electron chi connectivity index (χ1n) is 11.6. The van der Waals surface area contributed by atoms with Gasteiger partial charge in [0, 0.05) is 17.3 Å². The zero-order valence-electron chi connectivity index (χ0n) is 20.5. The van der Waals surface area contributed by atoms with Crippen molar-refractivity contribution >= 4 is 46.3 Å². The molecule has 1 fully saturated rings. The number of Topliss-reactive ketones (excluding diaryl/α,β-unsaturated/α-hetero) is 1. The second-order valence-electron chi connectivity index (χ2n) is 8.08. The number of ketones is 1. The van der Waals surface area contributed by atoms with Crippen LogP contribution in [0.4, 0.5) is 5.69 Å². The van der Waals surface area contributed by atoms with Crippen molar-refractivity contribution in [1.82, 2.24) is 0 Å². The second-order valence-corrected chi connectivity index (χ2v) is 8.89. The molecule has 1 saturated heterocycles. The van der Waals surface area contributed by atoms with Gasteiger partial charge in [-0.1, -0.05) is 41.4 Å². The van der Waals surface area contributed by atoms with E-state index < -0.39 is 23.5 Å². The molecule has 37 heavy (non-hydrogen) atoms. The smallest absolute Gasteiger partial charge is 0.300 e. The summed E-state index contributed by atoms with van der Waals surface area (Å²) in [6.45, 7) is 4.57. The van der Waals surface area contributed by atoms with Gasteiger partial charge in [0.1, 0.15) is 17.3 Å². The van der Waals surface area contributed by atoms with Crippen LogP contribution in [0, 0.1) is 0 Å². The van der Waals surface area contributed by atoms with E-state index in [2.05, 4.69) is 0 Å². The van der Waals surface area contributed by atoms with Crippen LogP contribution in [0.2, 0.25) is 10.0 Å². The number of aliphatic hydroxyl groups is 1. The maximum atomic E-state index is 13.4. The third-order valence-corrected chi connectivity index (χ3v) is 6.37. The number of nitrogens with zero attached hydrogens (tertiary/aromatic N) is 1. The molecule has 3 aromatic carbocycles. The quantitative estimate of drug-likeness (QED) is 0.201. The SMILES string of the molecule is CCOc1cccc(C2/C(=C(\O)c3cc(Cl)c(OC)c(Cl)c3)C(=O)C(=O)N2c2cccc(OCC)c2)c1. The van der Waals surface area contributed by atoms with Gasteiger partial charge in [-0.3, -0.25) is 14.5 Å². The number of aliphatic hydroxyl groups excluding tert-OH is 1. The van der Waals surface area contributed by atoms with Gasteiger partial charge in [0.25, 0.3) is 11.7 Å². The topological polar surface area (TPSA) is 85.3 Å². The van der Waals surface area contributed by atoms with Gasteiger partial charge in [0.05, 0.1) is 42.0 Å². The van der Waals surface area contributed by atoms with Crippen LogP contribution in [-0.2, 0) is 9.59 Å². The van der Waals surface area contributed by atoms with Crippen LogP contribution in [0.15, 0.2) is 66.2 Å². The van der Waals surface area contributed by atoms with Crippen LogP contribution in [-0.4, -0.2) is 37.1 Å². The monoisotopic (exact) mass is 541 g/mol. The largest absolute Gasteiger partial charge is 0.507 e. The van der Waals surface area contributed by atoms with Gasteiger partial charge >= 0.3 is 0 Å². The Labute approximate surface area is 224 Å². The van der Waals surface area contributed by atoms with Crippen molar-refractivity contribution in [2.75, 3.05) is 25.2 Å². The van der Waals surface area contributed by atoms with Crippen molar-refractivity contribution in [1.29, 1.82) is 0 Å². The minimum atomic E-state index is -0.961. The highest BCUT2D eigenvalue weighted by Gasteiger charge is 2.47. The first-order valence-corrected chi connectivity index (χ1v) is 12.4. The van der Waals surface area contributed by atoms with E-state index in [9.17, 15) is 14.7 Å². The first-order chi connectivity index (χ1) is 17.8. The molecular weight excluding hydrogens is 517 g/mol. The number of hydrogen-bond donors (Lipinski definition) is 1. The average Bonchev–Trinajstić information content (AvgIpc) is 3.14. The fourth-order valence-electron chi connectivity index (χ4n) is 4.29. The van der Waals surface area contributed by atoms with Gasteiger partial charge in [-0.2, -0.15) is 0 Å². The van der Waals surface area contributed by atoms with E-state index in [-0.39, 0.29) is 26.9 Å². The van der Waals surface area contributed by atoms with Crippen molar-refractivity contribution in [2.24, 2.45) is 0 Å². The predicted octanol–water partition coefficient (Wildman–Crippen LogP) is 6.43. The molecule has 1 atom stereocenters. The highest BCUT2D eigenvalue weighted by molar-refractivity contribution is 6.51. The van der Waals surface area contributed by atoms with Gasteiger partial charge in [0.2, 0.25) is 0 Å². The first kappa shape index (κ1) is 26.4. The molecule has 3 aromatic rings. The van der Waals surface area contributed by atoms with Crippen molar-refractivity contribution in [2.45, 2.75) is 19.9 Å². The molecule has 0 radical (unpaired) electrons. The van der Waals surface area contributed by atoms with E-state index >= 15 is 0 Å². The molecule has 4 rings (SSSR count). The van der Waals surface area contributed by atoms with Crippen LogP contribution >= 0.6 is 23.2 Å².